The van der Waals surface area contributed by atoms with Crippen molar-refractivity contribution in [2.75, 3.05) is 13.2 Å². The number of hydrogen-bond acceptors (Lipinski definition) is 3. The van der Waals surface area contributed by atoms with Crippen molar-refractivity contribution in [3.05, 3.63) is 29.8 Å². The lowest BCUT2D eigenvalue weighted by molar-refractivity contribution is -0.0163. The van der Waals surface area contributed by atoms with Gasteiger partial charge in [0.25, 0.3) is 0 Å². The molecule has 0 aliphatic rings. The monoisotopic (exact) mass is 237 g/mol. The van der Waals surface area contributed by atoms with Crippen LogP contribution in [0.25, 0.3) is 0 Å². The molecule has 0 aromatic heterocycles. The van der Waals surface area contributed by atoms with Crippen molar-refractivity contribution in [3.63, 3.8) is 0 Å². The maximum Gasteiger partial charge on any atom is 0.119 e. The second-order valence-corrected chi connectivity index (χ2v) is 5.17. The third-order valence-electron chi connectivity index (χ3n) is 2.29. The number of rotatable bonds is 5. The highest BCUT2D eigenvalue weighted by molar-refractivity contribution is 5.28. The van der Waals surface area contributed by atoms with Gasteiger partial charge in [-0.3, -0.25) is 0 Å². The van der Waals surface area contributed by atoms with E-state index in [9.17, 15) is 0 Å². The first-order valence-corrected chi connectivity index (χ1v) is 6.01. The molecule has 0 fully saturated rings. The van der Waals surface area contributed by atoms with Crippen LogP contribution in [0, 0.1) is 0 Å². The summed E-state index contributed by atoms with van der Waals surface area (Å²) in [6, 6.07) is 7.93. The van der Waals surface area contributed by atoms with Crippen LogP contribution in [0.2, 0.25) is 0 Å². The molecule has 17 heavy (non-hydrogen) atoms. The van der Waals surface area contributed by atoms with E-state index in [4.69, 9.17) is 15.2 Å². The minimum Gasteiger partial charge on any atom is -0.491 e. The smallest absolute Gasteiger partial charge is 0.119 e. The summed E-state index contributed by atoms with van der Waals surface area (Å²) in [5.41, 5.74) is 6.78. The molecule has 96 valence electrons. The Hall–Kier alpha value is -1.06. The minimum atomic E-state index is -0.109. The molecule has 1 atom stereocenters. The van der Waals surface area contributed by atoms with Gasteiger partial charge in [-0.2, -0.15) is 0 Å². The van der Waals surface area contributed by atoms with Gasteiger partial charge in [0.05, 0.1) is 12.2 Å². The summed E-state index contributed by atoms with van der Waals surface area (Å²) in [6.07, 6.45) is 0. The lowest BCUT2D eigenvalue weighted by Crippen LogP contribution is -2.22. The molecule has 3 nitrogen and oxygen atoms in total. The Kier molecular flexibility index (Phi) is 4.97. The average molecular weight is 237 g/mol. The van der Waals surface area contributed by atoms with E-state index in [2.05, 4.69) is 0 Å². The molecule has 0 bridgehead atoms. The molecule has 0 aliphatic heterocycles. The Labute approximate surface area is 104 Å². The van der Waals surface area contributed by atoms with Crippen LogP contribution >= 0.6 is 0 Å². The lowest BCUT2D eigenvalue weighted by atomic mass is 10.1. The molecule has 3 heteroatoms. The van der Waals surface area contributed by atoms with Crippen LogP contribution < -0.4 is 10.5 Å². The first kappa shape index (κ1) is 14.0. The zero-order valence-corrected chi connectivity index (χ0v) is 11.2. The molecule has 0 radical (unpaired) electrons. The van der Waals surface area contributed by atoms with Gasteiger partial charge in [-0.25, -0.2) is 0 Å². The van der Waals surface area contributed by atoms with Gasteiger partial charge in [-0.1, -0.05) is 12.1 Å². The number of benzene rings is 1. The summed E-state index contributed by atoms with van der Waals surface area (Å²) in [5, 5.41) is 0. The van der Waals surface area contributed by atoms with Gasteiger partial charge in [0, 0.05) is 6.04 Å². The summed E-state index contributed by atoms with van der Waals surface area (Å²) in [6.45, 7) is 9.22. The Morgan fingerprint density at radius 3 is 2.18 bits per heavy atom. The number of ether oxygens (including phenoxy) is 2. The van der Waals surface area contributed by atoms with E-state index < -0.39 is 0 Å². The normalized spacial score (nSPS) is 13.5. The van der Waals surface area contributed by atoms with Crippen LogP contribution in [-0.4, -0.2) is 18.8 Å². The zero-order chi connectivity index (χ0) is 12.9. The van der Waals surface area contributed by atoms with Crippen molar-refractivity contribution in [2.24, 2.45) is 5.73 Å². The highest BCUT2D eigenvalue weighted by Gasteiger charge is 2.09. The fraction of sp³-hybridized carbons (Fsp3) is 0.571. The van der Waals surface area contributed by atoms with E-state index in [0.29, 0.717) is 13.2 Å². The first-order valence-electron chi connectivity index (χ1n) is 6.01. The molecule has 0 heterocycles. The molecule has 1 rings (SSSR count). The van der Waals surface area contributed by atoms with Crippen molar-refractivity contribution in [1.29, 1.82) is 0 Å². The van der Waals surface area contributed by atoms with Crippen molar-refractivity contribution in [1.82, 2.24) is 0 Å². The Balaban J connectivity index is 2.33. The summed E-state index contributed by atoms with van der Waals surface area (Å²) in [5.74, 6) is 0.854. The molecule has 0 spiro atoms. The Bertz CT molecular complexity index is 325. The second kappa shape index (κ2) is 6.03. The second-order valence-electron chi connectivity index (χ2n) is 5.17. The highest BCUT2D eigenvalue weighted by Crippen LogP contribution is 2.16. The highest BCUT2D eigenvalue weighted by atomic mass is 16.5. The molecule has 1 unspecified atom stereocenters. The molecule has 2 N–H and O–H groups in total. The number of hydrogen-bond donors (Lipinski definition) is 1. The molecule has 0 saturated heterocycles. The van der Waals surface area contributed by atoms with Gasteiger partial charge in [0.1, 0.15) is 12.4 Å². The first-order chi connectivity index (χ1) is 7.88. The molecule has 0 amide bonds. The maximum atomic E-state index is 5.77. The molecule has 0 aliphatic carbocycles. The van der Waals surface area contributed by atoms with Gasteiger partial charge >= 0.3 is 0 Å². The van der Waals surface area contributed by atoms with E-state index in [0.717, 1.165) is 11.3 Å². The lowest BCUT2D eigenvalue weighted by Gasteiger charge is -2.19. The largest absolute Gasteiger partial charge is 0.491 e. The van der Waals surface area contributed by atoms with Crippen molar-refractivity contribution in [2.45, 2.75) is 39.3 Å². The van der Waals surface area contributed by atoms with Crippen LogP contribution in [0.5, 0.6) is 5.75 Å². The van der Waals surface area contributed by atoms with Crippen LogP contribution in [-0.2, 0) is 4.74 Å². The van der Waals surface area contributed by atoms with Gasteiger partial charge < -0.3 is 15.2 Å². The molecular formula is C14H23NO2. The van der Waals surface area contributed by atoms with Crippen LogP contribution in [0.4, 0.5) is 0 Å². The topological polar surface area (TPSA) is 44.5 Å². The fourth-order valence-corrected chi connectivity index (χ4v) is 1.37. The van der Waals surface area contributed by atoms with Crippen molar-refractivity contribution < 1.29 is 9.47 Å². The van der Waals surface area contributed by atoms with Crippen molar-refractivity contribution in [3.8, 4) is 5.75 Å². The third kappa shape index (κ3) is 5.71. The minimum absolute atomic E-state index is 0.0632. The van der Waals surface area contributed by atoms with Crippen LogP contribution in [0.15, 0.2) is 24.3 Å². The molecule has 1 aromatic carbocycles. The molecule has 0 saturated carbocycles. The average Bonchev–Trinajstić information content (AvgIpc) is 2.24. The Morgan fingerprint density at radius 2 is 1.71 bits per heavy atom. The van der Waals surface area contributed by atoms with E-state index >= 15 is 0 Å². The quantitative estimate of drug-likeness (QED) is 0.801. The number of nitrogens with two attached hydrogens (primary N) is 1. The molecule has 1 aromatic rings. The van der Waals surface area contributed by atoms with Gasteiger partial charge in [0.2, 0.25) is 0 Å². The molecular weight excluding hydrogens is 214 g/mol. The summed E-state index contributed by atoms with van der Waals surface area (Å²) >= 11 is 0. The fourth-order valence-electron chi connectivity index (χ4n) is 1.37. The van der Waals surface area contributed by atoms with E-state index in [1.54, 1.807) is 0 Å². The predicted octanol–water partition coefficient (Wildman–Crippen LogP) is 2.90. The van der Waals surface area contributed by atoms with E-state index in [1.807, 2.05) is 52.0 Å². The van der Waals surface area contributed by atoms with E-state index in [-0.39, 0.29) is 11.6 Å². The van der Waals surface area contributed by atoms with Gasteiger partial charge in [0.15, 0.2) is 0 Å². The Morgan fingerprint density at radius 1 is 1.12 bits per heavy atom. The van der Waals surface area contributed by atoms with Gasteiger partial charge in [-0.15, -0.1) is 0 Å². The van der Waals surface area contributed by atoms with Crippen molar-refractivity contribution >= 4 is 0 Å². The summed E-state index contributed by atoms with van der Waals surface area (Å²) in [7, 11) is 0. The predicted molar refractivity (Wildman–Crippen MR) is 70.2 cm³/mol. The van der Waals surface area contributed by atoms with Crippen LogP contribution in [0.1, 0.15) is 39.3 Å². The SMILES string of the molecule is CC(N)c1ccc(OCCOC(C)(C)C)cc1. The summed E-state index contributed by atoms with van der Waals surface area (Å²) < 4.78 is 11.1. The van der Waals surface area contributed by atoms with Crippen LogP contribution in [0.3, 0.4) is 0 Å². The standard InChI is InChI=1S/C14H23NO2/c1-11(15)12-5-7-13(8-6-12)16-9-10-17-14(2,3)4/h5-8,11H,9-10,15H2,1-4H3. The third-order valence-corrected chi connectivity index (χ3v) is 2.29. The zero-order valence-electron chi connectivity index (χ0n) is 11.2. The maximum absolute atomic E-state index is 5.77. The summed E-state index contributed by atoms with van der Waals surface area (Å²) in [4.78, 5) is 0. The van der Waals surface area contributed by atoms with Gasteiger partial charge in [-0.05, 0) is 45.4 Å². The van der Waals surface area contributed by atoms with E-state index in [1.165, 1.54) is 0 Å².